The number of nitrogens with one attached hydrogen (secondary N) is 1. The molecule has 0 unspecified atom stereocenters. The van der Waals surface area contributed by atoms with Crippen molar-refractivity contribution in [2.75, 3.05) is 7.11 Å². The Bertz CT molecular complexity index is 1260. The standard InChI is InChI=1S/C21H18ClN5O3/c1-30-17-7-5-15(6-8-17)18-10-19-21(29)26(24-13-27(19)25-18)12-20(28)23-11-14-3-2-4-16(22)9-14/h2-10,13H,11-12H2,1H3,(H,23,28). The number of aromatic nitrogens is 4. The van der Waals surface area contributed by atoms with Crippen molar-refractivity contribution in [3.63, 3.8) is 0 Å². The van der Waals surface area contributed by atoms with Crippen molar-refractivity contribution in [2.24, 2.45) is 0 Å². The second-order valence-electron chi connectivity index (χ2n) is 6.59. The van der Waals surface area contributed by atoms with Crippen molar-refractivity contribution in [2.45, 2.75) is 13.1 Å². The van der Waals surface area contributed by atoms with E-state index in [-0.39, 0.29) is 12.5 Å². The van der Waals surface area contributed by atoms with E-state index in [9.17, 15) is 9.59 Å². The Morgan fingerprint density at radius 1 is 1.17 bits per heavy atom. The number of carbonyl (C=O) groups is 1. The molecule has 2 heterocycles. The van der Waals surface area contributed by atoms with Gasteiger partial charge in [-0.05, 0) is 48.0 Å². The number of benzene rings is 2. The maximum atomic E-state index is 12.8. The Balaban J connectivity index is 1.51. The van der Waals surface area contributed by atoms with Crippen LogP contribution in [-0.4, -0.2) is 32.4 Å². The molecule has 0 saturated heterocycles. The molecule has 0 fully saturated rings. The summed E-state index contributed by atoms with van der Waals surface area (Å²) in [5.41, 5.74) is 2.26. The van der Waals surface area contributed by atoms with Crippen molar-refractivity contribution in [1.82, 2.24) is 24.7 Å². The van der Waals surface area contributed by atoms with Crippen molar-refractivity contribution in [3.05, 3.63) is 81.9 Å². The number of nitrogens with zero attached hydrogens (tertiary/aromatic N) is 4. The normalized spacial score (nSPS) is 10.9. The number of amides is 1. The molecule has 0 spiro atoms. The molecule has 4 rings (SSSR count). The summed E-state index contributed by atoms with van der Waals surface area (Å²) in [7, 11) is 1.60. The van der Waals surface area contributed by atoms with Gasteiger partial charge >= 0.3 is 0 Å². The van der Waals surface area contributed by atoms with Crippen molar-refractivity contribution in [1.29, 1.82) is 0 Å². The van der Waals surface area contributed by atoms with Gasteiger partial charge in [0, 0.05) is 17.1 Å². The van der Waals surface area contributed by atoms with Gasteiger partial charge in [0.05, 0.1) is 12.8 Å². The van der Waals surface area contributed by atoms with E-state index < -0.39 is 5.56 Å². The lowest BCUT2D eigenvalue weighted by atomic mass is 10.1. The quantitative estimate of drug-likeness (QED) is 0.514. The molecule has 0 bridgehead atoms. The second-order valence-corrected chi connectivity index (χ2v) is 7.02. The molecule has 2 aromatic carbocycles. The SMILES string of the molecule is COc1ccc(-c2cc3c(=O)n(CC(=O)NCc4cccc(Cl)c4)ncn3n2)cc1. The third-order valence-electron chi connectivity index (χ3n) is 4.55. The number of halogens is 1. The maximum Gasteiger partial charge on any atom is 0.293 e. The number of rotatable bonds is 6. The molecule has 1 amide bonds. The van der Waals surface area contributed by atoms with Crippen LogP contribution >= 0.6 is 11.6 Å². The van der Waals surface area contributed by atoms with Gasteiger partial charge in [-0.25, -0.2) is 9.20 Å². The summed E-state index contributed by atoms with van der Waals surface area (Å²) < 4.78 is 7.67. The molecule has 0 saturated carbocycles. The zero-order valence-corrected chi connectivity index (χ0v) is 16.8. The van der Waals surface area contributed by atoms with Gasteiger partial charge in [-0.3, -0.25) is 9.59 Å². The smallest absolute Gasteiger partial charge is 0.293 e. The molecule has 2 aromatic heterocycles. The number of ether oxygens (including phenoxy) is 1. The van der Waals surface area contributed by atoms with Crippen LogP contribution in [0.2, 0.25) is 5.02 Å². The largest absolute Gasteiger partial charge is 0.497 e. The first-order valence-corrected chi connectivity index (χ1v) is 9.52. The number of hydrogen-bond acceptors (Lipinski definition) is 5. The summed E-state index contributed by atoms with van der Waals surface area (Å²) >= 11 is 5.94. The third kappa shape index (κ3) is 4.18. The number of hydrogen-bond donors (Lipinski definition) is 1. The molecule has 0 radical (unpaired) electrons. The molecule has 9 heteroatoms. The average molecular weight is 424 g/mol. The molecule has 0 aliphatic rings. The van der Waals surface area contributed by atoms with E-state index in [1.165, 1.54) is 10.8 Å². The topological polar surface area (TPSA) is 90.5 Å². The van der Waals surface area contributed by atoms with Crippen LogP contribution in [0.4, 0.5) is 0 Å². The first-order chi connectivity index (χ1) is 14.5. The Kier molecular flexibility index (Phi) is 5.49. The minimum absolute atomic E-state index is 0.195. The van der Waals surface area contributed by atoms with Gasteiger partial charge in [0.15, 0.2) is 0 Å². The third-order valence-corrected chi connectivity index (χ3v) is 4.78. The van der Waals surface area contributed by atoms with E-state index >= 15 is 0 Å². The van der Waals surface area contributed by atoms with Gasteiger partial charge < -0.3 is 10.1 Å². The van der Waals surface area contributed by atoms with Crippen LogP contribution in [0.25, 0.3) is 16.8 Å². The molecule has 30 heavy (non-hydrogen) atoms. The minimum atomic E-state index is -0.400. The van der Waals surface area contributed by atoms with E-state index in [1.54, 1.807) is 25.3 Å². The lowest BCUT2D eigenvalue weighted by molar-refractivity contribution is -0.122. The van der Waals surface area contributed by atoms with Crippen LogP contribution in [-0.2, 0) is 17.9 Å². The first-order valence-electron chi connectivity index (χ1n) is 9.14. The van der Waals surface area contributed by atoms with Crippen LogP contribution in [0.15, 0.2) is 65.7 Å². The molecular weight excluding hydrogens is 406 g/mol. The maximum absolute atomic E-state index is 12.8. The molecule has 0 aliphatic carbocycles. The zero-order valence-electron chi connectivity index (χ0n) is 16.1. The highest BCUT2D eigenvalue weighted by molar-refractivity contribution is 6.30. The fourth-order valence-electron chi connectivity index (χ4n) is 2.99. The van der Waals surface area contributed by atoms with E-state index in [4.69, 9.17) is 16.3 Å². The summed E-state index contributed by atoms with van der Waals surface area (Å²) in [6.07, 6.45) is 1.41. The van der Waals surface area contributed by atoms with Crippen LogP contribution in [0.1, 0.15) is 5.56 Å². The Morgan fingerprint density at radius 3 is 2.70 bits per heavy atom. The predicted octanol–water partition coefficient (Wildman–Crippen LogP) is 2.54. The summed E-state index contributed by atoms with van der Waals surface area (Å²) in [6.45, 7) is 0.115. The monoisotopic (exact) mass is 423 g/mol. The van der Waals surface area contributed by atoms with E-state index in [1.807, 2.05) is 36.4 Å². The first kappa shape index (κ1) is 19.7. The van der Waals surface area contributed by atoms with Gasteiger partial charge in [0.2, 0.25) is 5.91 Å². The summed E-state index contributed by atoms with van der Waals surface area (Å²) in [5, 5.41) is 11.8. The van der Waals surface area contributed by atoms with Crippen LogP contribution in [0.5, 0.6) is 5.75 Å². The fourth-order valence-corrected chi connectivity index (χ4v) is 3.21. The molecule has 8 nitrogen and oxygen atoms in total. The summed E-state index contributed by atoms with van der Waals surface area (Å²) in [5.74, 6) is 0.402. The predicted molar refractivity (Wildman–Crippen MR) is 113 cm³/mol. The number of fused-ring (bicyclic) bond motifs is 1. The average Bonchev–Trinajstić information content (AvgIpc) is 3.20. The van der Waals surface area contributed by atoms with Crippen molar-refractivity contribution in [3.8, 4) is 17.0 Å². The number of carbonyl (C=O) groups excluding carboxylic acids is 1. The molecule has 152 valence electrons. The van der Waals surface area contributed by atoms with Crippen LogP contribution < -0.4 is 15.6 Å². The highest BCUT2D eigenvalue weighted by Gasteiger charge is 2.12. The van der Waals surface area contributed by atoms with E-state index in [0.29, 0.717) is 22.8 Å². The van der Waals surface area contributed by atoms with Gasteiger partial charge in [-0.1, -0.05) is 23.7 Å². The Hall–Kier alpha value is -3.65. The highest BCUT2D eigenvalue weighted by Crippen LogP contribution is 2.21. The summed E-state index contributed by atoms with van der Waals surface area (Å²) in [4.78, 5) is 25.0. The zero-order chi connectivity index (χ0) is 21.1. The minimum Gasteiger partial charge on any atom is -0.497 e. The van der Waals surface area contributed by atoms with Crippen molar-refractivity contribution >= 4 is 23.0 Å². The lowest BCUT2D eigenvalue weighted by Crippen LogP contribution is -2.34. The van der Waals surface area contributed by atoms with Crippen LogP contribution in [0, 0.1) is 0 Å². The highest BCUT2D eigenvalue weighted by atomic mass is 35.5. The molecule has 1 N–H and O–H groups in total. The second kappa shape index (κ2) is 8.38. The van der Waals surface area contributed by atoms with Gasteiger partial charge in [0.25, 0.3) is 5.56 Å². The Labute approximate surface area is 176 Å². The molecular formula is C21H18ClN5O3. The van der Waals surface area contributed by atoms with Crippen LogP contribution in [0.3, 0.4) is 0 Å². The molecule has 0 atom stereocenters. The van der Waals surface area contributed by atoms with Gasteiger partial charge in [0.1, 0.15) is 24.1 Å². The van der Waals surface area contributed by atoms with E-state index in [2.05, 4.69) is 15.5 Å². The van der Waals surface area contributed by atoms with Gasteiger partial charge in [-0.15, -0.1) is 0 Å². The summed E-state index contributed by atoms with van der Waals surface area (Å²) in [6, 6.07) is 16.2. The lowest BCUT2D eigenvalue weighted by Gasteiger charge is -2.07. The van der Waals surface area contributed by atoms with Crippen molar-refractivity contribution < 1.29 is 9.53 Å². The fraction of sp³-hybridized carbons (Fsp3) is 0.143. The molecule has 4 aromatic rings. The molecule has 0 aliphatic heterocycles. The van der Waals surface area contributed by atoms with E-state index in [0.717, 1.165) is 21.6 Å². The Morgan fingerprint density at radius 2 is 1.97 bits per heavy atom. The van der Waals surface area contributed by atoms with Gasteiger partial charge in [-0.2, -0.15) is 10.2 Å². The number of methoxy groups -OCH3 is 1.